The van der Waals surface area contributed by atoms with Gasteiger partial charge in [-0.3, -0.25) is 9.36 Å². The third-order valence-electron chi connectivity index (χ3n) is 6.62. The lowest BCUT2D eigenvalue weighted by Crippen LogP contribution is -2.39. The molecule has 1 aliphatic rings. The Balaban J connectivity index is 1.64. The Bertz CT molecular complexity index is 1920. The molecule has 0 fully saturated rings. The molecule has 0 saturated heterocycles. The van der Waals surface area contributed by atoms with Crippen LogP contribution in [0.1, 0.15) is 42.1 Å². The van der Waals surface area contributed by atoms with E-state index in [-0.39, 0.29) is 18.8 Å². The maximum absolute atomic E-state index is 14.1. The number of ether oxygens (including phenoxy) is 2. The van der Waals surface area contributed by atoms with Crippen LogP contribution in [-0.4, -0.2) is 17.1 Å². The molecule has 5 rings (SSSR count). The Morgan fingerprint density at radius 3 is 2.52 bits per heavy atom. The standard InChI is InChI=1S/C31H24Br2Cl2N2O4S/c1-4-40-30(39)26-17(3)36-31-37(27(26)18-7-5-16(2)6-8-18)29(38)25(42-31)12-20-11-21(32)13-23(33)28(20)41-15-19-9-10-22(34)14-24(19)35/h5-14,27H,4,15H2,1-3H3/b25-12-/t27-/m1/s1. The second-order valence-electron chi connectivity index (χ2n) is 9.54. The predicted octanol–water partition coefficient (Wildman–Crippen LogP) is 7.52. The monoisotopic (exact) mass is 748 g/mol. The molecule has 0 saturated carbocycles. The number of esters is 1. The van der Waals surface area contributed by atoms with Crippen molar-refractivity contribution in [3.05, 3.63) is 127 Å². The highest BCUT2D eigenvalue weighted by Gasteiger charge is 2.33. The van der Waals surface area contributed by atoms with Gasteiger partial charge < -0.3 is 9.47 Å². The summed E-state index contributed by atoms with van der Waals surface area (Å²) in [5, 5.41) is 1.03. The number of carbonyl (C=O) groups is 1. The topological polar surface area (TPSA) is 69.9 Å². The first-order valence-electron chi connectivity index (χ1n) is 12.9. The van der Waals surface area contributed by atoms with Gasteiger partial charge in [0.2, 0.25) is 0 Å². The number of benzene rings is 3. The van der Waals surface area contributed by atoms with Gasteiger partial charge in [0.15, 0.2) is 4.80 Å². The summed E-state index contributed by atoms with van der Waals surface area (Å²) in [6.45, 7) is 5.90. The molecule has 0 N–H and O–H groups in total. The van der Waals surface area contributed by atoms with Crippen molar-refractivity contribution in [3.63, 3.8) is 0 Å². The van der Waals surface area contributed by atoms with Crippen molar-refractivity contribution in [1.82, 2.24) is 4.57 Å². The van der Waals surface area contributed by atoms with E-state index < -0.39 is 12.0 Å². The van der Waals surface area contributed by atoms with Crippen LogP contribution in [0.4, 0.5) is 0 Å². The molecule has 3 aromatic carbocycles. The molecule has 0 spiro atoms. The number of rotatable bonds is 7. The highest BCUT2D eigenvalue weighted by Crippen LogP contribution is 2.35. The van der Waals surface area contributed by atoms with E-state index in [9.17, 15) is 9.59 Å². The van der Waals surface area contributed by atoms with E-state index in [1.54, 1.807) is 36.6 Å². The molecule has 4 aromatic rings. The normalized spacial score (nSPS) is 14.9. The third-order valence-corrected chi connectivity index (χ3v) is 9.24. The van der Waals surface area contributed by atoms with Gasteiger partial charge in [-0.2, -0.15) is 0 Å². The van der Waals surface area contributed by atoms with E-state index in [1.807, 2.05) is 49.4 Å². The van der Waals surface area contributed by atoms with Crippen molar-refractivity contribution in [1.29, 1.82) is 0 Å². The molecule has 216 valence electrons. The second-order valence-corrected chi connectivity index (χ2v) is 13.2. The summed E-state index contributed by atoms with van der Waals surface area (Å²) in [5.41, 5.74) is 3.87. The van der Waals surface area contributed by atoms with Crippen LogP contribution in [0.25, 0.3) is 6.08 Å². The summed E-state index contributed by atoms with van der Waals surface area (Å²) >= 11 is 20.8. The van der Waals surface area contributed by atoms with Gasteiger partial charge in [-0.25, -0.2) is 9.79 Å². The van der Waals surface area contributed by atoms with Crippen LogP contribution in [0, 0.1) is 6.92 Å². The first-order valence-corrected chi connectivity index (χ1v) is 16.0. The van der Waals surface area contributed by atoms with Gasteiger partial charge in [0.05, 0.1) is 32.9 Å². The van der Waals surface area contributed by atoms with Gasteiger partial charge in [0.1, 0.15) is 12.4 Å². The maximum Gasteiger partial charge on any atom is 0.338 e. The fourth-order valence-electron chi connectivity index (χ4n) is 4.63. The van der Waals surface area contributed by atoms with Crippen LogP contribution in [0.2, 0.25) is 10.0 Å². The minimum absolute atomic E-state index is 0.188. The van der Waals surface area contributed by atoms with Gasteiger partial charge in [0.25, 0.3) is 5.56 Å². The van der Waals surface area contributed by atoms with Crippen LogP contribution >= 0.6 is 66.4 Å². The van der Waals surface area contributed by atoms with Crippen LogP contribution in [0.15, 0.2) is 84.6 Å². The molecule has 0 unspecified atom stereocenters. The third kappa shape index (κ3) is 6.31. The zero-order chi connectivity index (χ0) is 30.1. The number of thiazole rings is 1. The average Bonchev–Trinajstić information content (AvgIpc) is 3.23. The number of aromatic nitrogens is 1. The maximum atomic E-state index is 14.1. The predicted molar refractivity (Wildman–Crippen MR) is 174 cm³/mol. The first kappa shape index (κ1) is 30.8. The van der Waals surface area contributed by atoms with Gasteiger partial charge >= 0.3 is 5.97 Å². The van der Waals surface area contributed by atoms with Gasteiger partial charge in [0, 0.05) is 25.6 Å². The van der Waals surface area contributed by atoms with Crippen molar-refractivity contribution in [3.8, 4) is 5.75 Å². The summed E-state index contributed by atoms with van der Waals surface area (Å²) < 4.78 is 15.1. The zero-order valence-electron chi connectivity index (χ0n) is 22.7. The number of halogens is 4. The minimum atomic E-state index is -0.680. The van der Waals surface area contributed by atoms with E-state index in [0.29, 0.717) is 46.4 Å². The van der Waals surface area contributed by atoms with E-state index in [4.69, 9.17) is 32.7 Å². The van der Waals surface area contributed by atoms with Gasteiger partial charge in [-0.1, -0.05) is 86.4 Å². The van der Waals surface area contributed by atoms with Crippen molar-refractivity contribution in [2.45, 2.75) is 33.4 Å². The summed E-state index contributed by atoms with van der Waals surface area (Å²) in [6, 6.07) is 16.0. The lowest BCUT2D eigenvalue weighted by atomic mass is 9.95. The van der Waals surface area contributed by atoms with Gasteiger partial charge in [-0.05, 0) is 72.6 Å². The number of allylic oxidation sites excluding steroid dienone is 1. The molecular weight excluding hydrogens is 727 g/mol. The summed E-state index contributed by atoms with van der Waals surface area (Å²) in [5.74, 6) is 0.0413. The highest BCUT2D eigenvalue weighted by molar-refractivity contribution is 9.11. The molecule has 1 aliphatic heterocycles. The highest BCUT2D eigenvalue weighted by atomic mass is 79.9. The molecule has 0 amide bonds. The van der Waals surface area contributed by atoms with Crippen molar-refractivity contribution in [2.75, 3.05) is 6.61 Å². The van der Waals surface area contributed by atoms with Crippen molar-refractivity contribution < 1.29 is 14.3 Å². The zero-order valence-corrected chi connectivity index (χ0v) is 28.2. The van der Waals surface area contributed by atoms with E-state index in [1.165, 1.54) is 11.3 Å². The lowest BCUT2D eigenvalue weighted by Gasteiger charge is -2.24. The number of hydrogen-bond donors (Lipinski definition) is 0. The lowest BCUT2D eigenvalue weighted by molar-refractivity contribution is -0.139. The molecule has 0 radical (unpaired) electrons. The molecule has 0 bridgehead atoms. The number of nitrogens with zero attached hydrogens (tertiary/aromatic N) is 2. The fraction of sp³-hybridized carbons (Fsp3) is 0.194. The van der Waals surface area contributed by atoms with E-state index in [2.05, 4.69) is 36.9 Å². The number of carbonyl (C=O) groups excluding carboxylic acids is 1. The van der Waals surface area contributed by atoms with Crippen LogP contribution < -0.4 is 19.6 Å². The molecule has 1 aromatic heterocycles. The summed E-state index contributed by atoms with van der Waals surface area (Å²) in [7, 11) is 0. The van der Waals surface area contributed by atoms with Crippen LogP contribution in [0.5, 0.6) is 5.75 Å². The van der Waals surface area contributed by atoms with E-state index in [0.717, 1.165) is 21.2 Å². The smallest absolute Gasteiger partial charge is 0.338 e. The molecule has 42 heavy (non-hydrogen) atoms. The summed E-state index contributed by atoms with van der Waals surface area (Å²) in [4.78, 5) is 32.3. The number of fused-ring (bicyclic) bond motifs is 1. The average molecular weight is 751 g/mol. The minimum Gasteiger partial charge on any atom is -0.487 e. The quantitative estimate of drug-likeness (QED) is 0.184. The second kappa shape index (κ2) is 12.9. The molecule has 2 heterocycles. The molecule has 1 atom stereocenters. The Kier molecular flexibility index (Phi) is 9.44. The van der Waals surface area contributed by atoms with Crippen LogP contribution in [-0.2, 0) is 16.1 Å². The number of hydrogen-bond acceptors (Lipinski definition) is 6. The van der Waals surface area contributed by atoms with Crippen LogP contribution in [0.3, 0.4) is 0 Å². The number of aryl methyl sites for hydroxylation is 1. The van der Waals surface area contributed by atoms with Crippen molar-refractivity contribution in [2.24, 2.45) is 4.99 Å². The SMILES string of the molecule is CCOC(=O)C1=C(C)N=c2s/c(=C\c3cc(Br)cc(Br)c3OCc3ccc(Cl)cc3Cl)c(=O)n2[C@@H]1c1ccc(C)cc1. The molecule has 6 nitrogen and oxygen atoms in total. The molecule has 0 aliphatic carbocycles. The summed E-state index contributed by atoms with van der Waals surface area (Å²) in [6.07, 6.45) is 1.77. The Morgan fingerprint density at radius 1 is 1.10 bits per heavy atom. The van der Waals surface area contributed by atoms with E-state index >= 15 is 0 Å². The van der Waals surface area contributed by atoms with Crippen molar-refractivity contribution >= 4 is 78.4 Å². The molecular formula is C31H24Br2Cl2N2O4S. The first-order chi connectivity index (χ1) is 20.1. The Hall–Kier alpha value is -2.69. The Morgan fingerprint density at radius 2 is 1.83 bits per heavy atom. The largest absolute Gasteiger partial charge is 0.487 e. The molecule has 11 heteroatoms. The fourth-order valence-corrected chi connectivity index (χ4v) is 7.50. The van der Waals surface area contributed by atoms with Gasteiger partial charge in [-0.15, -0.1) is 0 Å². The Labute approximate surface area is 273 Å².